The number of halogens is 4. The second-order valence-electron chi connectivity index (χ2n) is 7.23. The van der Waals surface area contributed by atoms with E-state index in [2.05, 4.69) is 5.32 Å². The fraction of sp³-hybridized carbons (Fsp3) is 0.500. The maximum Gasteiger partial charge on any atom is 0.416 e. The van der Waals surface area contributed by atoms with Gasteiger partial charge in [0.1, 0.15) is 5.82 Å². The van der Waals surface area contributed by atoms with Gasteiger partial charge in [-0.25, -0.2) is 4.39 Å². The van der Waals surface area contributed by atoms with E-state index in [4.69, 9.17) is 4.74 Å². The van der Waals surface area contributed by atoms with Crippen molar-refractivity contribution in [1.29, 1.82) is 5.26 Å². The summed E-state index contributed by atoms with van der Waals surface area (Å²) in [6.45, 7) is 3.18. The molecule has 2 rings (SSSR count). The van der Waals surface area contributed by atoms with Gasteiger partial charge in [0.25, 0.3) is 0 Å². The van der Waals surface area contributed by atoms with E-state index in [1.54, 1.807) is 0 Å². The zero-order valence-electron chi connectivity index (χ0n) is 16.2. The number of rotatable bonds is 6. The fourth-order valence-electron chi connectivity index (χ4n) is 3.94. The van der Waals surface area contributed by atoms with Crippen LogP contribution in [0.4, 0.5) is 17.6 Å². The van der Waals surface area contributed by atoms with Crippen molar-refractivity contribution in [3.05, 3.63) is 46.4 Å². The van der Waals surface area contributed by atoms with E-state index in [0.717, 1.165) is 12.1 Å². The molecule has 29 heavy (non-hydrogen) atoms. The average Bonchev–Trinajstić information content (AvgIpc) is 2.63. The first-order valence-corrected chi connectivity index (χ1v) is 8.94. The lowest BCUT2D eigenvalue weighted by atomic mass is 9.61. The van der Waals surface area contributed by atoms with Crippen LogP contribution in [0.1, 0.15) is 43.7 Å². The number of nitriles is 1. The van der Waals surface area contributed by atoms with Gasteiger partial charge in [0.15, 0.2) is 0 Å². The van der Waals surface area contributed by atoms with Gasteiger partial charge in [-0.05, 0) is 44.4 Å². The van der Waals surface area contributed by atoms with E-state index in [0.29, 0.717) is 31.2 Å². The average molecular weight is 414 g/mol. The third-order valence-electron chi connectivity index (χ3n) is 5.46. The van der Waals surface area contributed by atoms with Crippen molar-refractivity contribution in [2.24, 2.45) is 5.41 Å². The maximum atomic E-state index is 13.7. The summed E-state index contributed by atoms with van der Waals surface area (Å²) in [5, 5.41) is 22.7. The lowest BCUT2D eigenvalue weighted by molar-refractivity contribution is -0.152. The van der Waals surface area contributed by atoms with Gasteiger partial charge in [0.2, 0.25) is 0 Å². The normalized spacial score (nSPS) is 24.8. The molecule has 0 spiro atoms. The summed E-state index contributed by atoms with van der Waals surface area (Å²) in [4.78, 5) is 12.3. The van der Waals surface area contributed by atoms with Crippen LogP contribution >= 0.6 is 0 Å². The molecule has 0 aliphatic carbocycles. The SMILES string of the molecule is COCCCC1NC(C)=C(C#N)C(c2ccc(F)cc2C(F)(F)F)C1(C)C(=O)O. The molecular formula is C20H22F4N2O3. The van der Waals surface area contributed by atoms with Crippen molar-refractivity contribution in [1.82, 2.24) is 5.32 Å². The summed E-state index contributed by atoms with van der Waals surface area (Å²) in [6.07, 6.45) is -4.15. The smallest absolute Gasteiger partial charge is 0.416 e. The summed E-state index contributed by atoms with van der Waals surface area (Å²) in [6, 6.07) is 3.21. The Morgan fingerprint density at radius 3 is 2.59 bits per heavy atom. The number of nitrogens with one attached hydrogen (secondary N) is 1. The van der Waals surface area contributed by atoms with Gasteiger partial charge in [-0.1, -0.05) is 6.07 Å². The van der Waals surface area contributed by atoms with Crippen molar-refractivity contribution >= 4 is 5.97 Å². The quantitative estimate of drug-likeness (QED) is 0.538. The van der Waals surface area contributed by atoms with Gasteiger partial charge in [-0.2, -0.15) is 18.4 Å². The predicted molar refractivity (Wildman–Crippen MR) is 96.2 cm³/mol. The first-order chi connectivity index (χ1) is 13.5. The van der Waals surface area contributed by atoms with Crippen molar-refractivity contribution < 1.29 is 32.2 Å². The maximum absolute atomic E-state index is 13.7. The van der Waals surface area contributed by atoms with E-state index in [1.807, 2.05) is 6.07 Å². The van der Waals surface area contributed by atoms with Crippen molar-refractivity contribution in [2.75, 3.05) is 13.7 Å². The molecule has 9 heteroatoms. The molecule has 5 nitrogen and oxygen atoms in total. The number of aliphatic carboxylic acids is 1. The van der Waals surface area contributed by atoms with E-state index < -0.39 is 46.5 Å². The molecule has 3 unspecified atom stereocenters. The summed E-state index contributed by atoms with van der Waals surface area (Å²) < 4.78 is 59.6. The minimum Gasteiger partial charge on any atom is -0.481 e. The zero-order valence-corrected chi connectivity index (χ0v) is 16.2. The molecule has 0 bridgehead atoms. The summed E-state index contributed by atoms with van der Waals surface area (Å²) in [7, 11) is 1.49. The highest BCUT2D eigenvalue weighted by molar-refractivity contribution is 5.79. The first-order valence-electron chi connectivity index (χ1n) is 8.94. The van der Waals surface area contributed by atoms with E-state index >= 15 is 0 Å². The van der Waals surface area contributed by atoms with Crippen LogP contribution in [0.3, 0.4) is 0 Å². The van der Waals surface area contributed by atoms with Gasteiger partial charge in [-0.3, -0.25) is 4.79 Å². The minimum absolute atomic E-state index is 0.116. The molecule has 0 aromatic heterocycles. The largest absolute Gasteiger partial charge is 0.481 e. The van der Waals surface area contributed by atoms with E-state index in [9.17, 15) is 32.7 Å². The molecule has 0 amide bonds. The van der Waals surface area contributed by atoms with Crippen LogP contribution in [-0.4, -0.2) is 30.8 Å². The van der Waals surface area contributed by atoms with Crippen LogP contribution in [0.5, 0.6) is 0 Å². The van der Waals surface area contributed by atoms with Crippen molar-refractivity contribution in [3.63, 3.8) is 0 Å². The van der Waals surface area contributed by atoms with Crippen LogP contribution in [-0.2, 0) is 15.7 Å². The highest BCUT2D eigenvalue weighted by Gasteiger charge is 2.54. The van der Waals surface area contributed by atoms with E-state index in [1.165, 1.54) is 21.0 Å². The van der Waals surface area contributed by atoms with Crippen LogP contribution in [0.2, 0.25) is 0 Å². The van der Waals surface area contributed by atoms with Gasteiger partial charge in [-0.15, -0.1) is 0 Å². The molecule has 1 aromatic carbocycles. The monoisotopic (exact) mass is 414 g/mol. The van der Waals surface area contributed by atoms with Crippen LogP contribution in [0, 0.1) is 22.6 Å². The lowest BCUT2D eigenvalue weighted by Crippen LogP contribution is -2.55. The van der Waals surface area contributed by atoms with Gasteiger partial charge in [0, 0.05) is 31.4 Å². The van der Waals surface area contributed by atoms with Crippen molar-refractivity contribution in [3.8, 4) is 6.07 Å². The number of ether oxygens (including phenoxy) is 1. The van der Waals surface area contributed by atoms with Gasteiger partial charge < -0.3 is 15.2 Å². The van der Waals surface area contributed by atoms with Gasteiger partial charge >= 0.3 is 12.1 Å². The molecule has 1 aromatic rings. The third-order valence-corrected chi connectivity index (χ3v) is 5.46. The second-order valence-corrected chi connectivity index (χ2v) is 7.23. The molecular weight excluding hydrogens is 392 g/mol. The van der Waals surface area contributed by atoms with Crippen LogP contribution in [0.25, 0.3) is 0 Å². The molecule has 0 saturated heterocycles. The number of benzene rings is 1. The minimum atomic E-state index is -4.91. The number of carboxylic acid groups (broad SMARTS) is 1. The fourth-order valence-corrected chi connectivity index (χ4v) is 3.94. The Morgan fingerprint density at radius 1 is 1.41 bits per heavy atom. The Hall–Kier alpha value is -2.60. The third kappa shape index (κ3) is 4.22. The summed E-state index contributed by atoms with van der Waals surface area (Å²) >= 11 is 0. The Labute approximate surface area is 166 Å². The van der Waals surface area contributed by atoms with Crippen LogP contribution in [0.15, 0.2) is 29.5 Å². The zero-order chi connectivity index (χ0) is 22.0. The van der Waals surface area contributed by atoms with Crippen molar-refractivity contribution in [2.45, 2.75) is 44.8 Å². The molecule has 158 valence electrons. The molecule has 1 aliphatic heterocycles. The number of carbonyl (C=O) groups is 1. The molecule has 0 radical (unpaired) electrons. The Bertz CT molecular complexity index is 860. The topological polar surface area (TPSA) is 82.3 Å². The standard InChI is InChI=1S/C20H22F4N2O3/c1-11-14(10-25)17(13-7-6-12(21)9-15(13)20(22,23)24)19(2,18(27)28)16(26-11)5-4-8-29-3/h6-7,9,16-17,26H,4-5,8H2,1-3H3,(H,27,28). The number of carboxylic acids is 1. The Kier molecular flexibility index (Phi) is 6.58. The summed E-state index contributed by atoms with van der Waals surface area (Å²) in [5.41, 5.74) is -3.31. The number of hydrogen-bond acceptors (Lipinski definition) is 4. The predicted octanol–water partition coefficient (Wildman–Crippen LogP) is 4.21. The number of methoxy groups -OCH3 is 1. The van der Waals surface area contributed by atoms with Gasteiger partial charge in [0.05, 0.1) is 22.6 Å². The number of alkyl halides is 3. The van der Waals surface area contributed by atoms with Crippen LogP contribution < -0.4 is 5.32 Å². The number of allylic oxidation sites excluding steroid dienone is 2. The molecule has 0 saturated carbocycles. The second kappa shape index (κ2) is 8.41. The molecule has 2 N–H and O–H groups in total. The Morgan fingerprint density at radius 2 is 2.07 bits per heavy atom. The highest BCUT2D eigenvalue weighted by atomic mass is 19.4. The molecule has 0 fully saturated rings. The Balaban J connectivity index is 2.76. The first kappa shape index (κ1) is 22.7. The number of hydrogen-bond donors (Lipinski definition) is 2. The summed E-state index contributed by atoms with van der Waals surface area (Å²) in [5.74, 6) is -3.85. The number of nitrogens with zero attached hydrogens (tertiary/aromatic N) is 1. The van der Waals surface area contributed by atoms with E-state index in [-0.39, 0.29) is 5.57 Å². The molecule has 1 aliphatic rings. The molecule has 3 atom stereocenters. The molecule has 1 heterocycles. The lowest BCUT2D eigenvalue weighted by Gasteiger charge is -2.46. The highest BCUT2D eigenvalue weighted by Crippen LogP contribution is 2.51.